The summed E-state index contributed by atoms with van der Waals surface area (Å²) in [6.07, 6.45) is 6.74. The highest BCUT2D eigenvalue weighted by molar-refractivity contribution is 7.91. The van der Waals surface area contributed by atoms with Crippen LogP contribution in [0.2, 0.25) is 0 Å². The van der Waals surface area contributed by atoms with Gasteiger partial charge in [0.05, 0.1) is 0 Å². The van der Waals surface area contributed by atoms with E-state index in [-0.39, 0.29) is 5.91 Å². The molecule has 0 aliphatic carbocycles. The summed E-state index contributed by atoms with van der Waals surface area (Å²) in [5, 5.41) is 3.01. The number of likely N-dealkylation sites (tertiary alicyclic amines) is 1. The van der Waals surface area contributed by atoms with E-state index < -0.39 is 10.0 Å². The van der Waals surface area contributed by atoms with Crippen molar-refractivity contribution in [2.45, 2.75) is 42.7 Å². The van der Waals surface area contributed by atoms with Gasteiger partial charge in [0.2, 0.25) is 0 Å². The lowest BCUT2D eigenvalue weighted by atomic mass is 10.1. The first-order valence-electron chi connectivity index (χ1n) is 11.2. The summed E-state index contributed by atoms with van der Waals surface area (Å²) in [7, 11) is -3.38. The average Bonchev–Trinajstić information content (AvgIpc) is 3.51. The molecule has 1 N–H and O–H groups in total. The SMILES string of the molecule is O=C(NCCCN1CCCCC1)c1ccc(-c2ccc(S(=O)(=O)N3CCCC3)s2)cc1. The molecule has 2 aliphatic heterocycles. The predicted molar refractivity (Wildman–Crippen MR) is 125 cm³/mol. The van der Waals surface area contributed by atoms with Crippen LogP contribution in [0.1, 0.15) is 48.9 Å². The number of rotatable bonds is 8. The van der Waals surface area contributed by atoms with Crippen LogP contribution in [0.15, 0.2) is 40.6 Å². The lowest BCUT2D eigenvalue weighted by molar-refractivity contribution is 0.0951. The molecule has 0 spiro atoms. The Balaban J connectivity index is 1.30. The van der Waals surface area contributed by atoms with Crippen molar-refractivity contribution in [3.05, 3.63) is 42.0 Å². The molecule has 4 rings (SSSR count). The summed E-state index contributed by atoms with van der Waals surface area (Å²) in [6, 6.07) is 10.9. The number of amides is 1. The third-order valence-corrected chi connectivity index (χ3v) is 9.56. The van der Waals surface area contributed by atoms with Crippen LogP contribution in [-0.2, 0) is 10.0 Å². The van der Waals surface area contributed by atoms with Gasteiger partial charge in [-0.3, -0.25) is 4.79 Å². The van der Waals surface area contributed by atoms with E-state index in [1.54, 1.807) is 10.4 Å². The summed E-state index contributed by atoms with van der Waals surface area (Å²) in [5.74, 6) is -0.0614. The molecule has 1 amide bonds. The van der Waals surface area contributed by atoms with E-state index >= 15 is 0 Å². The first-order chi connectivity index (χ1) is 15.0. The molecule has 2 fully saturated rings. The van der Waals surface area contributed by atoms with Crippen LogP contribution in [0.4, 0.5) is 0 Å². The van der Waals surface area contributed by atoms with Gasteiger partial charge < -0.3 is 10.2 Å². The minimum absolute atomic E-state index is 0.0614. The van der Waals surface area contributed by atoms with E-state index in [0.29, 0.717) is 29.4 Å². The highest BCUT2D eigenvalue weighted by atomic mass is 32.2. The van der Waals surface area contributed by atoms with Gasteiger partial charge in [0.15, 0.2) is 0 Å². The number of hydrogen-bond donors (Lipinski definition) is 1. The van der Waals surface area contributed by atoms with E-state index in [9.17, 15) is 13.2 Å². The zero-order valence-electron chi connectivity index (χ0n) is 17.9. The van der Waals surface area contributed by atoms with Gasteiger partial charge in [-0.05, 0) is 81.6 Å². The molecular weight excluding hydrogens is 430 g/mol. The number of hydrogen-bond acceptors (Lipinski definition) is 5. The molecule has 2 aliphatic rings. The highest BCUT2D eigenvalue weighted by Gasteiger charge is 2.28. The van der Waals surface area contributed by atoms with Gasteiger partial charge in [-0.1, -0.05) is 18.6 Å². The Labute approximate surface area is 189 Å². The van der Waals surface area contributed by atoms with Crippen molar-refractivity contribution >= 4 is 27.3 Å². The second-order valence-corrected chi connectivity index (χ2v) is 11.6. The first-order valence-corrected chi connectivity index (χ1v) is 13.5. The third-order valence-electron chi connectivity index (χ3n) is 6.06. The number of carbonyl (C=O) groups is 1. The van der Waals surface area contributed by atoms with E-state index in [0.717, 1.165) is 36.2 Å². The number of nitrogens with one attached hydrogen (secondary N) is 1. The summed E-state index contributed by atoms with van der Waals surface area (Å²) < 4.78 is 27.4. The van der Waals surface area contributed by atoms with E-state index in [1.807, 2.05) is 30.3 Å². The number of benzene rings is 1. The predicted octanol–water partition coefficient (Wildman–Crippen LogP) is 3.81. The zero-order chi connectivity index (χ0) is 21.7. The molecule has 31 heavy (non-hydrogen) atoms. The van der Waals surface area contributed by atoms with Crippen LogP contribution in [0.25, 0.3) is 10.4 Å². The van der Waals surface area contributed by atoms with Gasteiger partial charge >= 0.3 is 0 Å². The van der Waals surface area contributed by atoms with Crippen LogP contribution < -0.4 is 5.32 Å². The Kier molecular flexibility index (Phi) is 7.43. The van der Waals surface area contributed by atoms with Crippen molar-refractivity contribution in [3.8, 4) is 10.4 Å². The number of thiophene rings is 1. The number of nitrogens with zero attached hydrogens (tertiary/aromatic N) is 2. The van der Waals surface area contributed by atoms with Crippen molar-refractivity contribution in [2.24, 2.45) is 0 Å². The molecule has 168 valence electrons. The molecule has 6 nitrogen and oxygen atoms in total. The first kappa shape index (κ1) is 22.5. The summed E-state index contributed by atoms with van der Waals surface area (Å²) >= 11 is 1.29. The van der Waals surface area contributed by atoms with Gasteiger partial charge in [-0.2, -0.15) is 4.31 Å². The molecule has 0 atom stereocenters. The van der Waals surface area contributed by atoms with Crippen LogP contribution in [-0.4, -0.2) is 62.8 Å². The molecule has 0 bridgehead atoms. The van der Waals surface area contributed by atoms with Gasteiger partial charge in [0, 0.05) is 30.1 Å². The second kappa shape index (κ2) is 10.3. The molecule has 2 saturated heterocycles. The molecule has 0 saturated carbocycles. The second-order valence-electron chi connectivity index (χ2n) is 8.32. The molecule has 0 radical (unpaired) electrons. The highest BCUT2D eigenvalue weighted by Crippen LogP contribution is 2.33. The molecule has 2 aromatic rings. The lowest BCUT2D eigenvalue weighted by Gasteiger charge is -2.26. The van der Waals surface area contributed by atoms with E-state index in [4.69, 9.17) is 0 Å². The summed E-state index contributed by atoms with van der Waals surface area (Å²) in [6.45, 7) is 5.30. The van der Waals surface area contributed by atoms with Crippen LogP contribution in [0, 0.1) is 0 Å². The standard InChI is InChI=1S/C23H31N3O3S2/c27-23(24-13-6-16-25-14-2-1-3-15-25)20-9-7-19(8-10-20)21-11-12-22(30-21)31(28,29)26-17-4-5-18-26/h7-12H,1-6,13-18H2,(H,24,27). The van der Waals surface area contributed by atoms with Crippen molar-refractivity contribution < 1.29 is 13.2 Å². The Bertz CT molecular complexity index is 974. The number of piperidine rings is 1. The van der Waals surface area contributed by atoms with Crippen molar-refractivity contribution in [1.82, 2.24) is 14.5 Å². The Morgan fingerprint density at radius 2 is 1.58 bits per heavy atom. The Morgan fingerprint density at radius 3 is 2.29 bits per heavy atom. The van der Waals surface area contributed by atoms with Gasteiger partial charge in [0.1, 0.15) is 4.21 Å². The third kappa shape index (κ3) is 5.55. The molecule has 8 heteroatoms. The van der Waals surface area contributed by atoms with Gasteiger partial charge in [0.25, 0.3) is 15.9 Å². The fourth-order valence-electron chi connectivity index (χ4n) is 4.25. The molecule has 3 heterocycles. The molecule has 1 aromatic carbocycles. The quantitative estimate of drug-likeness (QED) is 0.607. The van der Waals surface area contributed by atoms with E-state index in [2.05, 4.69) is 10.2 Å². The maximum Gasteiger partial charge on any atom is 0.252 e. The fourth-order valence-corrected chi connectivity index (χ4v) is 7.23. The minimum atomic E-state index is -3.38. The lowest BCUT2D eigenvalue weighted by Crippen LogP contribution is -2.33. The smallest absolute Gasteiger partial charge is 0.252 e. The van der Waals surface area contributed by atoms with Crippen LogP contribution >= 0.6 is 11.3 Å². The van der Waals surface area contributed by atoms with Crippen molar-refractivity contribution in [2.75, 3.05) is 39.3 Å². The van der Waals surface area contributed by atoms with Crippen LogP contribution in [0.3, 0.4) is 0 Å². The summed E-state index contributed by atoms with van der Waals surface area (Å²) in [5.41, 5.74) is 1.55. The Morgan fingerprint density at radius 1 is 0.903 bits per heavy atom. The topological polar surface area (TPSA) is 69.7 Å². The maximum atomic E-state index is 12.7. The summed E-state index contributed by atoms with van der Waals surface area (Å²) in [4.78, 5) is 15.8. The van der Waals surface area contributed by atoms with Crippen molar-refractivity contribution in [3.63, 3.8) is 0 Å². The van der Waals surface area contributed by atoms with E-state index in [1.165, 1.54) is 43.7 Å². The normalized spacial score (nSPS) is 18.3. The van der Waals surface area contributed by atoms with Gasteiger partial charge in [-0.25, -0.2) is 8.42 Å². The molecule has 0 unspecified atom stereocenters. The van der Waals surface area contributed by atoms with Crippen molar-refractivity contribution in [1.29, 1.82) is 0 Å². The fraction of sp³-hybridized carbons (Fsp3) is 0.522. The number of sulfonamides is 1. The zero-order valence-corrected chi connectivity index (χ0v) is 19.5. The number of carbonyl (C=O) groups excluding carboxylic acids is 1. The minimum Gasteiger partial charge on any atom is -0.352 e. The molecule has 1 aromatic heterocycles. The van der Waals surface area contributed by atoms with Gasteiger partial charge in [-0.15, -0.1) is 11.3 Å². The average molecular weight is 462 g/mol. The van der Waals surface area contributed by atoms with Crippen LogP contribution in [0.5, 0.6) is 0 Å². The Hall–Kier alpha value is -1.74. The molecular formula is C23H31N3O3S2. The largest absolute Gasteiger partial charge is 0.352 e. The monoisotopic (exact) mass is 461 g/mol. The maximum absolute atomic E-state index is 12.7.